The molecule has 6 nitrogen and oxygen atoms in total. The van der Waals surface area contributed by atoms with E-state index in [2.05, 4.69) is 33.6 Å². The van der Waals surface area contributed by atoms with Crippen LogP contribution in [0, 0.1) is 0 Å². The lowest BCUT2D eigenvalue weighted by Crippen LogP contribution is -2.39. The molecule has 0 bridgehead atoms. The Balaban J connectivity index is 1.77. The molecule has 2 rings (SSSR count). The molecule has 0 atom stereocenters. The van der Waals surface area contributed by atoms with Gasteiger partial charge in [0, 0.05) is 33.4 Å². The maximum Gasteiger partial charge on any atom is 0.191 e. The number of guanidine groups is 1. The zero-order valence-electron chi connectivity index (χ0n) is 16.6. The highest BCUT2D eigenvalue weighted by molar-refractivity contribution is 5.79. The molecule has 26 heavy (non-hydrogen) atoms. The lowest BCUT2D eigenvalue weighted by molar-refractivity contribution is 0.0468. The first-order chi connectivity index (χ1) is 12.7. The van der Waals surface area contributed by atoms with Gasteiger partial charge in [-0.1, -0.05) is 25.7 Å². The Morgan fingerprint density at radius 3 is 2.69 bits per heavy atom. The van der Waals surface area contributed by atoms with Crippen molar-refractivity contribution in [2.45, 2.75) is 58.1 Å². The molecule has 6 heteroatoms. The topological polar surface area (TPSA) is 61.8 Å². The largest absolute Gasteiger partial charge is 0.376 e. The van der Waals surface area contributed by atoms with Gasteiger partial charge in [-0.3, -0.25) is 0 Å². The molecule has 0 aliphatic heterocycles. The lowest BCUT2D eigenvalue weighted by Gasteiger charge is -2.17. The van der Waals surface area contributed by atoms with Gasteiger partial charge in [-0.25, -0.2) is 9.98 Å². The number of rotatable bonds is 8. The van der Waals surface area contributed by atoms with Gasteiger partial charge in [-0.15, -0.1) is 0 Å². The Bertz CT molecular complexity index is 539. The summed E-state index contributed by atoms with van der Waals surface area (Å²) in [4.78, 5) is 11.0. The van der Waals surface area contributed by atoms with Gasteiger partial charge in [0.1, 0.15) is 5.82 Å². The number of nitrogens with zero attached hydrogens (tertiary/aromatic N) is 3. The Labute approximate surface area is 158 Å². The van der Waals surface area contributed by atoms with Crippen LogP contribution in [0.5, 0.6) is 0 Å². The van der Waals surface area contributed by atoms with Gasteiger partial charge in [-0.2, -0.15) is 0 Å². The lowest BCUT2D eigenvalue weighted by atomic mass is 10.1. The predicted octanol–water partition coefficient (Wildman–Crippen LogP) is 2.94. The molecule has 0 radical (unpaired) electrons. The Morgan fingerprint density at radius 1 is 1.23 bits per heavy atom. The van der Waals surface area contributed by atoms with E-state index in [1.54, 1.807) is 0 Å². The van der Waals surface area contributed by atoms with Crippen molar-refractivity contribution in [3.05, 3.63) is 23.9 Å². The minimum Gasteiger partial charge on any atom is -0.376 e. The highest BCUT2D eigenvalue weighted by atomic mass is 16.5. The summed E-state index contributed by atoms with van der Waals surface area (Å²) in [7, 11) is 3.99. The molecule has 0 spiro atoms. The predicted molar refractivity (Wildman–Crippen MR) is 109 cm³/mol. The molecule has 1 aromatic heterocycles. The van der Waals surface area contributed by atoms with E-state index in [0.717, 1.165) is 37.0 Å². The zero-order valence-corrected chi connectivity index (χ0v) is 16.6. The standard InChI is InChI=1S/C20H35N5O/c1-4-21-20(23-13-14-26-18-9-7-5-6-8-10-18)24-16-17-11-12-22-19(15-17)25(2)3/h11-12,15,18H,4-10,13-14,16H2,1-3H3,(H2,21,23,24). The average molecular weight is 362 g/mol. The van der Waals surface area contributed by atoms with E-state index in [0.29, 0.717) is 12.6 Å². The summed E-state index contributed by atoms with van der Waals surface area (Å²) in [5.41, 5.74) is 1.15. The quantitative estimate of drug-likeness (QED) is 0.323. The summed E-state index contributed by atoms with van der Waals surface area (Å²) in [6.07, 6.45) is 10.0. The van der Waals surface area contributed by atoms with Crippen LogP contribution in [0.15, 0.2) is 23.3 Å². The number of ether oxygens (including phenoxy) is 1. The maximum atomic E-state index is 6.04. The second kappa shape index (κ2) is 11.7. The fourth-order valence-electron chi connectivity index (χ4n) is 3.12. The van der Waals surface area contributed by atoms with E-state index in [4.69, 9.17) is 4.74 Å². The summed E-state index contributed by atoms with van der Waals surface area (Å²) < 4.78 is 6.04. The summed E-state index contributed by atoms with van der Waals surface area (Å²) in [6, 6.07) is 4.08. The van der Waals surface area contributed by atoms with Gasteiger partial charge in [0.15, 0.2) is 5.96 Å². The number of aliphatic imine (C=N–C) groups is 1. The molecular weight excluding hydrogens is 326 g/mol. The molecule has 0 amide bonds. The van der Waals surface area contributed by atoms with Crippen LogP contribution in [-0.4, -0.2) is 50.8 Å². The molecule has 0 aromatic carbocycles. The van der Waals surface area contributed by atoms with Crippen molar-refractivity contribution in [2.24, 2.45) is 4.99 Å². The summed E-state index contributed by atoms with van der Waals surface area (Å²) in [6.45, 7) is 5.06. The van der Waals surface area contributed by atoms with Crippen LogP contribution in [0.1, 0.15) is 51.0 Å². The molecule has 1 fully saturated rings. The Kier molecular flexibility index (Phi) is 9.24. The van der Waals surface area contributed by atoms with Gasteiger partial charge in [0.05, 0.1) is 19.3 Å². The number of anilines is 1. The highest BCUT2D eigenvalue weighted by Gasteiger charge is 2.12. The van der Waals surface area contributed by atoms with E-state index < -0.39 is 0 Å². The van der Waals surface area contributed by atoms with Crippen LogP contribution in [0.3, 0.4) is 0 Å². The molecular formula is C20H35N5O. The maximum absolute atomic E-state index is 6.04. The first-order valence-corrected chi connectivity index (χ1v) is 9.95. The third kappa shape index (κ3) is 7.60. The van der Waals surface area contributed by atoms with Crippen molar-refractivity contribution in [1.82, 2.24) is 15.6 Å². The second-order valence-corrected chi connectivity index (χ2v) is 7.02. The number of nitrogens with one attached hydrogen (secondary N) is 2. The zero-order chi connectivity index (χ0) is 18.6. The van der Waals surface area contributed by atoms with Gasteiger partial charge >= 0.3 is 0 Å². The molecule has 1 saturated carbocycles. The molecule has 1 aliphatic carbocycles. The van der Waals surface area contributed by atoms with Crippen LogP contribution < -0.4 is 15.5 Å². The van der Waals surface area contributed by atoms with Crippen LogP contribution >= 0.6 is 0 Å². The minimum atomic E-state index is 0.445. The average Bonchev–Trinajstić information content (AvgIpc) is 2.92. The Morgan fingerprint density at radius 2 is 2.00 bits per heavy atom. The van der Waals surface area contributed by atoms with Crippen LogP contribution in [-0.2, 0) is 11.3 Å². The minimum absolute atomic E-state index is 0.445. The molecule has 1 aliphatic rings. The molecule has 0 saturated heterocycles. The van der Waals surface area contributed by atoms with E-state index in [-0.39, 0.29) is 0 Å². The normalized spacial score (nSPS) is 16.2. The van der Waals surface area contributed by atoms with Gasteiger partial charge < -0.3 is 20.3 Å². The van der Waals surface area contributed by atoms with Crippen molar-refractivity contribution < 1.29 is 4.74 Å². The number of pyridine rings is 1. The van der Waals surface area contributed by atoms with Crippen molar-refractivity contribution in [2.75, 3.05) is 38.7 Å². The van der Waals surface area contributed by atoms with Crippen molar-refractivity contribution >= 4 is 11.8 Å². The first kappa shape index (κ1) is 20.5. The van der Waals surface area contributed by atoms with Crippen LogP contribution in [0.4, 0.5) is 5.82 Å². The van der Waals surface area contributed by atoms with Gasteiger partial charge in [0.25, 0.3) is 0 Å². The van der Waals surface area contributed by atoms with E-state index >= 15 is 0 Å². The third-order valence-corrected chi connectivity index (χ3v) is 4.58. The second-order valence-electron chi connectivity index (χ2n) is 7.02. The van der Waals surface area contributed by atoms with E-state index in [1.165, 1.54) is 38.5 Å². The Hall–Kier alpha value is -1.82. The van der Waals surface area contributed by atoms with Crippen molar-refractivity contribution in [3.8, 4) is 0 Å². The van der Waals surface area contributed by atoms with E-state index in [9.17, 15) is 0 Å². The molecule has 146 valence electrons. The fraction of sp³-hybridized carbons (Fsp3) is 0.700. The number of aromatic nitrogens is 1. The first-order valence-electron chi connectivity index (χ1n) is 9.95. The molecule has 0 unspecified atom stereocenters. The SMILES string of the molecule is CCNC(=NCc1ccnc(N(C)C)c1)NCCOC1CCCCCC1. The fourth-order valence-corrected chi connectivity index (χ4v) is 3.12. The monoisotopic (exact) mass is 361 g/mol. The van der Waals surface area contributed by atoms with Crippen LogP contribution in [0.25, 0.3) is 0 Å². The smallest absolute Gasteiger partial charge is 0.191 e. The van der Waals surface area contributed by atoms with Crippen molar-refractivity contribution in [3.63, 3.8) is 0 Å². The van der Waals surface area contributed by atoms with Crippen molar-refractivity contribution in [1.29, 1.82) is 0 Å². The number of hydrogen-bond acceptors (Lipinski definition) is 4. The van der Waals surface area contributed by atoms with Crippen LogP contribution in [0.2, 0.25) is 0 Å². The molecule has 1 heterocycles. The van der Waals surface area contributed by atoms with E-state index in [1.807, 2.05) is 31.3 Å². The highest BCUT2D eigenvalue weighted by Crippen LogP contribution is 2.19. The summed E-state index contributed by atoms with van der Waals surface area (Å²) in [5, 5.41) is 6.67. The number of hydrogen-bond donors (Lipinski definition) is 2. The van der Waals surface area contributed by atoms with Gasteiger partial charge in [0.2, 0.25) is 0 Å². The van der Waals surface area contributed by atoms with Gasteiger partial charge in [-0.05, 0) is 37.5 Å². The summed E-state index contributed by atoms with van der Waals surface area (Å²) >= 11 is 0. The third-order valence-electron chi connectivity index (χ3n) is 4.58. The molecule has 2 N–H and O–H groups in total. The molecule has 1 aromatic rings. The summed E-state index contributed by atoms with van der Waals surface area (Å²) in [5.74, 6) is 1.78.